The summed E-state index contributed by atoms with van der Waals surface area (Å²) in [4.78, 5) is 25.8. The lowest BCUT2D eigenvalue weighted by molar-refractivity contribution is -0.146. The number of hydrogen-bond donors (Lipinski definition) is 0. The Kier molecular flexibility index (Phi) is 5.01. The molecule has 110 valence electrons. The van der Waals surface area contributed by atoms with E-state index in [1.807, 2.05) is 13.8 Å². The van der Waals surface area contributed by atoms with Crippen LogP contribution in [-0.2, 0) is 14.3 Å². The first-order valence-electron chi connectivity index (χ1n) is 6.31. The highest BCUT2D eigenvalue weighted by Gasteiger charge is 2.26. The molecule has 1 aromatic heterocycles. The third-order valence-corrected chi connectivity index (χ3v) is 4.08. The number of ether oxygens (including phenoxy) is 2. The first-order chi connectivity index (χ1) is 9.45. The Morgan fingerprint density at radius 3 is 2.60 bits per heavy atom. The van der Waals surface area contributed by atoms with E-state index in [1.165, 1.54) is 0 Å². The molecule has 0 bridgehead atoms. The summed E-state index contributed by atoms with van der Waals surface area (Å²) in [6, 6.07) is 3.20. The topological polar surface area (TPSA) is 55.8 Å². The SMILES string of the molecule is C[C@@H]1CN(C(=O)COC(=O)c2ccc(Cl)s2)C[C@@H](C)O1. The lowest BCUT2D eigenvalue weighted by atomic mass is 10.2. The van der Waals surface area contributed by atoms with E-state index < -0.39 is 5.97 Å². The Balaban J connectivity index is 1.84. The summed E-state index contributed by atoms with van der Waals surface area (Å²) in [6.45, 7) is 4.61. The van der Waals surface area contributed by atoms with Gasteiger partial charge in [-0.3, -0.25) is 4.79 Å². The van der Waals surface area contributed by atoms with E-state index in [4.69, 9.17) is 21.1 Å². The van der Waals surface area contributed by atoms with Gasteiger partial charge in [-0.25, -0.2) is 4.79 Å². The molecule has 7 heteroatoms. The molecule has 2 rings (SSSR count). The van der Waals surface area contributed by atoms with Crippen molar-refractivity contribution >= 4 is 34.8 Å². The first kappa shape index (κ1) is 15.3. The molecule has 0 saturated carbocycles. The smallest absolute Gasteiger partial charge is 0.348 e. The fourth-order valence-corrected chi connectivity index (χ4v) is 3.03. The first-order valence-corrected chi connectivity index (χ1v) is 7.51. The number of halogens is 1. The van der Waals surface area contributed by atoms with Crippen molar-refractivity contribution in [3.8, 4) is 0 Å². The van der Waals surface area contributed by atoms with Crippen molar-refractivity contribution in [1.82, 2.24) is 4.90 Å². The molecule has 0 aromatic carbocycles. The summed E-state index contributed by atoms with van der Waals surface area (Å²) in [6.07, 6.45) is -0.0102. The standard InChI is InChI=1S/C13H16ClNO4S/c1-8-5-15(6-9(2)19-8)12(16)7-18-13(17)10-3-4-11(14)20-10/h3-4,8-9H,5-7H2,1-2H3/t8-,9-/m1/s1. The van der Waals surface area contributed by atoms with Crippen LogP contribution in [-0.4, -0.2) is 48.7 Å². The van der Waals surface area contributed by atoms with Crippen LogP contribution in [0.2, 0.25) is 4.34 Å². The van der Waals surface area contributed by atoms with Gasteiger partial charge in [0, 0.05) is 13.1 Å². The number of carbonyl (C=O) groups excluding carboxylic acids is 2. The van der Waals surface area contributed by atoms with Crippen molar-refractivity contribution < 1.29 is 19.1 Å². The fourth-order valence-electron chi connectivity index (χ4n) is 2.10. The number of hydrogen-bond acceptors (Lipinski definition) is 5. The monoisotopic (exact) mass is 317 g/mol. The van der Waals surface area contributed by atoms with Crippen molar-refractivity contribution in [2.45, 2.75) is 26.1 Å². The van der Waals surface area contributed by atoms with Gasteiger partial charge in [0.25, 0.3) is 5.91 Å². The van der Waals surface area contributed by atoms with Gasteiger partial charge in [-0.2, -0.15) is 0 Å². The van der Waals surface area contributed by atoms with Gasteiger partial charge in [-0.1, -0.05) is 11.6 Å². The van der Waals surface area contributed by atoms with Crippen LogP contribution < -0.4 is 0 Å². The molecule has 1 amide bonds. The minimum atomic E-state index is -0.524. The highest BCUT2D eigenvalue weighted by atomic mass is 35.5. The lowest BCUT2D eigenvalue weighted by Crippen LogP contribution is -2.49. The van der Waals surface area contributed by atoms with Crippen LogP contribution in [0, 0.1) is 0 Å². The largest absolute Gasteiger partial charge is 0.451 e. The second-order valence-electron chi connectivity index (χ2n) is 4.74. The number of carbonyl (C=O) groups is 2. The average Bonchev–Trinajstić information content (AvgIpc) is 2.81. The van der Waals surface area contributed by atoms with Crippen LogP contribution in [0.1, 0.15) is 23.5 Å². The molecule has 0 unspecified atom stereocenters. The van der Waals surface area contributed by atoms with Crippen molar-refractivity contribution in [3.05, 3.63) is 21.3 Å². The second kappa shape index (κ2) is 6.56. The summed E-state index contributed by atoms with van der Waals surface area (Å²) in [5.74, 6) is -0.729. The highest BCUT2D eigenvalue weighted by Crippen LogP contribution is 2.22. The maximum atomic E-state index is 12.0. The van der Waals surface area contributed by atoms with E-state index in [2.05, 4.69) is 0 Å². The van der Waals surface area contributed by atoms with Crippen LogP contribution in [0.15, 0.2) is 12.1 Å². The zero-order valence-electron chi connectivity index (χ0n) is 11.3. The summed E-state index contributed by atoms with van der Waals surface area (Å²) in [5.41, 5.74) is 0. The summed E-state index contributed by atoms with van der Waals surface area (Å²) < 4.78 is 11.1. The zero-order valence-corrected chi connectivity index (χ0v) is 12.9. The number of rotatable bonds is 3. The van der Waals surface area contributed by atoms with E-state index in [-0.39, 0.29) is 24.7 Å². The number of morpholine rings is 1. The van der Waals surface area contributed by atoms with Crippen LogP contribution in [0.25, 0.3) is 0 Å². The molecule has 20 heavy (non-hydrogen) atoms. The van der Waals surface area contributed by atoms with E-state index >= 15 is 0 Å². The van der Waals surface area contributed by atoms with Crippen LogP contribution in [0.5, 0.6) is 0 Å². The van der Waals surface area contributed by atoms with Crippen molar-refractivity contribution in [2.24, 2.45) is 0 Å². The Bertz CT molecular complexity index is 494. The maximum Gasteiger partial charge on any atom is 0.348 e. The molecule has 0 aliphatic carbocycles. The average molecular weight is 318 g/mol. The minimum absolute atomic E-state index is 0.00509. The fraction of sp³-hybridized carbons (Fsp3) is 0.538. The Morgan fingerprint density at radius 1 is 1.40 bits per heavy atom. The molecule has 0 radical (unpaired) electrons. The molecule has 5 nitrogen and oxygen atoms in total. The molecule has 2 atom stereocenters. The Hall–Kier alpha value is -1.11. The molecule has 1 saturated heterocycles. The number of esters is 1. The minimum Gasteiger partial charge on any atom is -0.451 e. The summed E-state index contributed by atoms with van der Waals surface area (Å²) in [5, 5.41) is 0. The zero-order chi connectivity index (χ0) is 14.7. The van der Waals surface area contributed by atoms with E-state index in [1.54, 1.807) is 17.0 Å². The van der Waals surface area contributed by atoms with Gasteiger partial charge in [0.2, 0.25) is 0 Å². The van der Waals surface area contributed by atoms with Crippen LogP contribution in [0.4, 0.5) is 0 Å². The second-order valence-corrected chi connectivity index (χ2v) is 6.45. The molecule has 1 fully saturated rings. The number of thiophene rings is 1. The number of amides is 1. The van der Waals surface area contributed by atoms with Crippen LogP contribution >= 0.6 is 22.9 Å². The third-order valence-electron chi connectivity index (χ3n) is 2.87. The normalized spacial score (nSPS) is 22.6. The van der Waals surface area contributed by atoms with Gasteiger partial charge >= 0.3 is 5.97 Å². The van der Waals surface area contributed by atoms with E-state index in [0.717, 1.165) is 11.3 Å². The molecule has 0 spiro atoms. The van der Waals surface area contributed by atoms with Gasteiger partial charge < -0.3 is 14.4 Å². The molecule has 1 aliphatic rings. The molecule has 1 aliphatic heterocycles. The quantitative estimate of drug-likeness (QED) is 0.802. The maximum absolute atomic E-state index is 12.0. The van der Waals surface area contributed by atoms with Crippen molar-refractivity contribution in [1.29, 1.82) is 0 Å². The van der Waals surface area contributed by atoms with Gasteiger partial charge in [-0.05, 0) is 26.0 Å². The molecule has 0 N–H and O–H groups in total. The van der Waals surface area contributed by atoms with E-state index in [0.29, 0.717) is 22.3 Å². The van der Waals surface area contributed by atoms with E-state index in [9.17, 15) is 9.59 Å². The van der Waals surface area contributed by atoms with Gasteiger partial charge in [0.05, 0.1) is 16.5 Å². The van der Waals surface area contributed by atoms with Gasteiger partial charge in [0.1, 0.15) is 4.88 Å². The summed E-state index contributed by atoms with van der Waals surface area (Å²) >= 11 is 6.87. The van der Waals surface area contributed by atoms with Crippen molar-refractivity contribution in [2.75, 3.05) is 19.7 Å². The lowest BCUT2D eigenvalue weighted by Gasteiger charge is -2.35. The Labute approximate surface area is 126 Å². The molecular formula is C13H16ClNO4S. The molecular weight excluding hydrogens is 302 g/mol. The predicted octanol–water partition coefficient (Wildman–Crippen LogP) is 2.19. The Morgan fingerprint density at radius 2 is 2.05 bits per heavy atom. The molecule has 2 heterocycles. The predicted molar refractivity (Wildman–Crippen MR) is 76.2 cm³/mol. The molecule has 1 aromatic rings. The van der Waals surface area contributed by atoms with Gasteiger partial charge in [0.15, 0.2) is 6.61 Å². The third kappa shape index (κ3) is 3.94. The summed E-state index contributed by atoms with van der Waals surface area (Å²) in [7, 11) is 0. The number of nitrogens with zero attached hydrogens (tertiary/aromatic N) is 1. The van der Waals surface area contributed by atoms with Gasteiger partial charge in [-0.15, -0.1) is 11.3 Å². The van der Waals surface area contributed by atoms with Crippen LogP contribution in [0.3, 0.4) is 0 Å². The van der Waals surface area contributed by atoms with Crippen molar-refractivity contribution in [3.63, 3.8) is 0 Å². The highest BCUT2D eigenvalue weighted by molar-refractivity contribution is 7.17.